The van der Waals surface area contributed by atoms with Crippen LogP contribution in [0.5, 0.6) is 11.5 Å². The highest BCUT2D eigenvalue weighted by Crippen LogP contribution is 2.29. The van der Waals surface area contributed by atoms with Crippen molar-refractivity contribution in [1.29, 1.82) is 0 Å². The summed E-state index contributed by atoms with van der Waals surface area (Å²) in [6.07, 6.45) is 3.76. The largest absolute Gasteiger partial charge is 0.497 e. The van der Waals surface area contributed by atoms with Gasteiger partial charge in [-0.1, -0.05) is 10.3 Å². The van der Waals surface area contributed by atoms with Gasteiger partial charge in [0.05, 0.1) is 26.1 Å². The molecule has 2 aliphatic rings. The summed E-state index contributed by atoms with van der Waals surface area (Å²) in [6.45, 7) is 8.81. The Morgan fingerprint density at radius 2 is 1.36 bits per heavy atom. The summed E-state index contributed by atoms with van der Waals surface area (Å²) in [6, 6.07) is 15.2. The number of piperidine rings is 2. The molecule has 12 nitrogen and oxygen atoms in total. The lowest BCUT2D eigenvalue weighted by atomic mass is 9.98. The van der Waals surface area contributed by atoms with E-state index in [2.05, 4.69) is 25.6 Å². The molecule has 45 heavy (non-hydrogen) atoms. The predicted octanol–water partition coefficient (Wildman–Crippen LogP) is 6.07. The van der Waals surface area contributed by atoms with Crippen LogP contribution in [0.2, 0.25) is 0 Å². The number of hydrogen-bond acceptors (Lipinski definition) is 11. The van der Waals surface area contributed by atoms with Crippen molar-refractivity contribution in [2.45, 2.75) is 63.9 Å². The maximum absolute atomic E-state index is 12.3. The van der Waals surface area contributed by atoms with E-state index in [1.165, 1.54) is 0 Å². The second kappa shape index (κ2) is 14.6. The summed E-state index contributed by atoms with van der Waals surface area (Å²) in [5, 5.41) is 11.5. The Morgan fingerprint density at radius 1 is 0.822 bits per heavy atom. The first-order valence-electron chi connectivity index (χ1n) is 15.4. The Morgan fingerprint density at radius 3 is 1.84 bits per heavy atom. The van der Waals surface area contributed by atoms with Gasteiger partial charge >= 0.3 is 6.09 Å². The molecule has 1 amide bonds. The van der Waals surface area contributed by atoms with Crippen LogP contribution in [-0.4, -0.2) is 77.3 Å². The van der Waals surface area contributed by atoms with Crippen molar-refractivity contribution in [2.75, 3.05) is 40.4 Å². The first-order valence-corrected chi connectivity index (χ1v) is 15.4. The Bertz CT molecular complexity index is 1510. The second-order valence-corrected chi connectivity index (χ2v) is 12.2. The van der Waals surface area contributed by atoms with E-state index in [0.29, 0.717) is 36.5 Å². The second-order valence-electron chi connectivity index (χ2n) is 12.2. The van der Waals surface area contributed by atoms with Crippen LogP contribution in [-0.2, 0) is 4.74 Å². The Labute approximate surface area is 263 Å². The van der Waals surface area contributed by atoms with E-state index >= 15 is 0 Å². The number of carbonyl (C=O) groups is 1. The fourth-order valence-corrected chi connectivity index (χ4v) is 5.25. The number of aromatic nitrogens is 4. The molecule has 0 saturated carbocycles. The van der Waals surface area contributed by atoms with Gasteiger partial charge in [0.2, 0.25) is 23.4 Å². The molecule has 12 heteroatoms. The van der Waals surface area contributed by atoms with E-state index in [9.17, 15) is 4.79 Å². The van der Waals surface area contributed by atoms with Crippen LogP contribution in [0.4, 0.5) is 4.79 Å². The smallest absolute Gasteiger partial charge is 0.410 e. The molecule has 240 valence electrons. The molecule has 4 aromatic rings. The molecule has 6 rings (SSSR count). The van der Waals surface area contributed by atoms with Crippen molar-refractivity contribution in [1.82, 2.24) is 30.5 Å². The van der Waals surface area contributed by atoms with Crippen LogP contribution in [0.1, 0.15) is 70.1 Å². The molecule has 2 aliphatic heterocycles. The van der Waals surface area contributed by atoms with Gasteiger partial charge in [-0.25, -0.2) is 4.79 Å². The molecular formula is C33H42N6O6. The van der Waals surface area contributed by atoms with Gasteiger partial charge in [0, 0.05) is 30.8 Å². The van der Waals surface area contributed by atoms with Gasteiger partial charge in [-0.15, -0.1) is 0 Å². The number of hydrogen-bond donors (Lipinski definition) is 1. The molecule has 2 aromatic heterocycles. The van der Waals surface area contributed by atoms with Gasteiger partial charge in [0.25, 0.3) is 0 Å². The summed E-state index contributed by atoms with van der Waals surface area (Å²) >= 11 is 0. The standard InChI is InChI=1S/C19H25N3O4.C14H17N3O2/c1-19(2,3)25-18(23)22-11-5-6-14(12-22)17-20-16(21-26-17)13-7-9-15(24-4)10-8-13;1-18-12-6-4-10(5-7-12)13-16-14(19-17-13)11-3-2-8-15-9-11/h7-10,14H,5-6,11-12H2,1-4H3;4-7,11,15H,2-3,8-9H2,1H3. The van der Waals surface area contributed by atoms with Gasteiger partial charge < -0.3 is 33.5 Å². The zero-order valence-electron chi connectivity index (χ0n) is 26.6. The average Bonchev–Trinajstić information content (AvgIpc) is 3.76. The normalized spacial score (nSPS) is 18.5. The summed E-state index contributed by atoms with van der Waals surface area (Å²) in [5.74, 6) is 4.44. The molecule has 0 spiro atoms. The van der Waals surface area contributed by atoms with Gasteiger partial charge in [-0.2, -0.15) is 9.97 Å². The minimum Gasteiger partial charge on any atom is -0.497 e. The number of nitrogens with zero attached hydrogens (tertiary/aromatic N) is 5. The number of ether oxygens (including phenoxy) is 3. The van der Waals surface area contributed by atoms with Crippen LogP contribution in [0, 0.1) is 0 Å². The lowest BCUT2D eigenvalue weighted by molar-refractivity contribution is 0.0189. The number of nitrogens with one attached hydrogen (secondary N) is 1. The maximum Gasteiger partial charge on any atom is 0.410 e. The van der Waals surface area contributed by atoms with Crippen molar-refractivity contribution < 1.29 is 28.1 Å². The van der Waals surface area contributed by atoms with Crippen molar-refractivity contribution in [3.63, 3.8) is 0 Å². The summed E-state index contributed by atoms with van der Waals surface area (Å²) in [5.41, 5.74) is 1.30. The molecule has 1 N–H and O–H groups in total. The van der Waals surface area contributed by atoms with Gasteiger partial charge in [-0.05, 0) is 102 Å². The predicted molar refractivity (Wildman–Crippen MR) is 167 cm³/mol. The van der Waals surface area contributed by atoms with Crippen LogP contribution in [0.3, 0.4) is 0 Å². The number of likely N-dealkylation sites (tertiary alicyclic amines) is 1. The van der Waals surface area contributed by atoms with Crippen LogP contribution in [0.25, 0.3) is 22.8 Å². The molecule has 2 saturated heterocycles. The molecule has 4 heterocycles. The number of rotatable bonds is 6. The lowest BCUT2D eigenvalue weighted by Gasteiger charge is -2.32. The monoisotopic (exact) mass is 618 g/mol. The van der Waals surface area contributed by atoms with E-state index in [-0.39, 0.29) is 12.0 Å². The molecule has 0 radical (unpaired) electrons. The number of amides is 1. The van der Waals surface area contributed by atoms with Crippen LogP contribution in [0.15, 0.2) is 57.6 Å². The third-order valence-corrected chi connectivity index (χ3v) is 7.65. The fourth-order valence-electron chi connectivity index (χ4n) is 5.25. The van der Waals surface area contributed by atoms with Crippen LogP contribution >= 0.6 is 0 Å². The minimum absolute atomic E-state index is 0.0239. The SMILES string of the molecule is COc1ccc(-c2noc(C3CCCN(C(=O)OC(C)(C)C)C3)n2)cc1.COc1ccc(-c2noc(C3CCCNC3)n2)cc1. The van der Waals surface area contributed by atoms with Crippen molar-refractivity contribution in [3.05, 3.63) is 60.3 Å². The highest BCUT2D eigenvalue weighted by atomic mass is 16.6. The molecular weight excluding hydrogens is 576 g/mol. The van der Waals surface area contributed by atoms with Crippen molar-refractivity contribution >= 4 is 6.09 Å². The van der Waals surface area contributed by atoms with E-state index in [0.717, 1.165) is 67.3 Å². The highest BCUT2D eigenvalue weighted by molar-refractivity contribution is 5.68. The van der Waals surface area contributed by atoms with Gasteiger partial charge in [0.1, 0.15) is 17.1 Å². The number of methoxy groups -OCH3 is 2. The zero-order chi connectivity index (χ0) is 31.8. The van der Waals surface area contributed by atoms with Crippen molar-refractivity contribution in [3.8, 4) is 34.3 Å². The summed E-state index contributed by atoms with van der Waals surface area (Å²) < 4.78 is 26.6. The average molecular weight is 619 g/mol. The molecule has 2 unspecified atom stereocenters. The molecule has 2 aromatic carbocycles. The quantitative estimate of drug-likeness (QED) is 0.269. The van der Waals surface area contributed by atoms with E-state index in [1.54, 1.807) is 19.1 Å². The number of carbonyl (C=O) groups excluding carboxylic acids is 1. The first-order chi connectivity index (χ1) is 21.7. The first kappa shape index (κ1) is 32.0. The Hall–Kier alpha value is -4.45. The summed E-state index contributed by atoms with van der Waals surface area (Å²) in [4.78, 5) is 23.1. The molecule has 0 bridgehead atoms. The molecule has 2 fully saturated rings. The van der Waals surface area contributed by atoms with Crippen LogP contribution < -0.4 is 14.8 Å². The third-order valence-electron chi connectivity index (χ3n) is 7.65. The van der Waals surface area contributed by atoms with Gasteiger partial charge in [-0.3, -0.25) is 0 Å². The minimum atomic E-state index is -0.504. The topological polar surface area (TPSA) is 138 Å². The summed E-state index contributed by atoms with van der Waals surface area (Å²) in [7, 11) is 3.28. The van der Waals surface area contributed by atoms with E-state index < -0.39 is 5.60 Å². The highest BCUT2D eigenvalue weighted by Gasteiger charge is 2.31. The van der Waals surface area contributed by atoms with Gasteiger partial charge in [0.15, 0.2) is 0 Å². The Kier molecular flexibility index (Phi) is 10.3. The van der Waals surface area contributed by atoms with Crippen molar-refractivity contribution in [2.24, 2.45) is 0 Å². The maximum atomic E-state index is 12.3. The zero-order valence-corrected chi connectivity index (χ0v) is 26.6. The third kappa shape index (κ3) is 8.59. The number of benzene rings is 2. The molecule has 2 atom stereocenters. The van der Waals surface area contributed by atoms with E-state index in [4.69, 9.17) is 23.3 Å². The Balaban J connectivity index is 0.000000186. The lowest BCUT2D eigenvalue weighted by Crippen LogP contribution is -2.42. The van der Waals surface area contributed by atoms with E-state index in [1.807, 2.05) is 69.3 Å². The fraction of sp³-hybridized carbons (Fsp3) is 0.485. The molecule has 0 aliphatic carbocycles.